The Hall–Kier alpha value is -3.30. The number of aromatic nitrogens is 1. The Morgan fingerprint density at radius 3 is 2.76 bits per heavy atom. The van der Waals surface area contributed by atoms with Crippen molar-refractivity contribution in [3.63, 3.8) is 0 Å². The van der Waals surface area contributed by atoms with Crippen LogP contribution in [0.3, 0.4) is 0 Å². The number of aryl methyl sites for hydroxylation is 1. The van der Waals surface area contributed by atoms with E-state index in [1.54, 1.807) is 29.5 Å². The van der Waals surface area contributed by atoms with Crippen molar-refractivity contribution in [2.45, 2.75) is 13.3 Å². The highest BCUT2D eigenvalue weighted by molar-refractivity contribution is 7.22. The molecule has 0 spiro atoms. The highest BCUT2D eigenvalue weighted by atomic mass is 32.1. The third-order valence-corrected chi connectivity index (χ3v) is 6.83. The number of hydrogen-bond acceptors (Lipinski definition) is 7. The van der Waals surface area contributed by atoms with Crippen LogP contribution in [0.25, 0.3) is 16.3 Å². The van der Waals surface area contributed by atoms with Gasteiger partial charge < -0.3 is 10.2 Å². The number of nitrogens with one attached hydrogen (secondary N) is 1. The number of carbonyl (C=O) groups is 1. The largest absolute Gasteiger partial charge is 0.351 e. The van der Waals surface area contributed by atoms with Crippen molar-refractivity contribution in [2.24, 2.45) is 0 Å². The van der Waals surface area contributed by atoms with Gasteiger partial charge >= 0.3 is 0 Å². The minimum Gasteiger partial charge on any atom is -0.351 e. The van der Waals surface area contributed by atoms with Gasteiger partial charge in [-0.2, -0.15) is 0 Å². The maximum atomic E-state index is 12.1. The van der Waals surface area contributed by atoms with Crippen LogP contribution in [0.4, 0.5) is 10.8 Å². The molecule has 0 radical (unpaired) electrons. The zero-order chi connectivity index (χ0) is 23.2. The second-order valence-corrected chi connectivity index (χ2v) is 8.93. The summed E-state index contributed by atoms with van der Waals surface area (Å²) in [4.78, 5) is 32.1. The standard InChI is InChI=1S/C24H27N5O3S/c1-2-19-6-4-8-21-23(19)26-24(33-21)28-15-13-27(14-16-28)12-11-25-22(30)10-9-18-5-3-7-20(17-18)29(31)32/h3-10,17H,2,11-16H2,1H3,(H,25,30)/b10-9+. The SMILES string of the molecule is CCc1cccc2sc(N3CCN(CCNC(=O)/C=C/c4cccc([N+](=O)[O-])c4)CC3)nc12. The number of carbonyl (C=O) groups excluding carboxylic acids is 1. The van der Waals surface area contributed by atoms with Gasteiger partial charge in [-0.25, -0.2) is 4.98 Å². The number of nitrogens with zero attached hydrogens (tertiary/aromatic N) is 4. The lowest BCUT2D eigenvalue weighted by Gasteiger charge is -2.34. The number of amides is 1. The van der Waals surface area contributed by atoms with Gasteiger partial charge in [0.15, 0.2) is 5.13 Å². The number of non-ortho nitro benzene ring substituents is 1. The van der Waals surface area contributed by atoms with E-state index < -0.39 is 4.92 Å². The third kappa shape index (κ3) is 5.74. The van der Waals surface area contributed by atoms with Crippen molar-refractivity contribution in [2.75, 3.05) is 44.2 Å². The Kier molecular flexibility index (Phi) is 7.31. The molecule has 1 saturated heterocycles. The fraction of sp³-hybridized carbons (Fsp3) is 0.333. The molecule has 33 heavy (non-hydrogen) atoms. The fourth-order valence-electron chi connectivity index (χ4n) is 3.89. The quantitative estimate of drug-likeness (QED) is 0.310. The number of anilines is 1. The average molecular weight is 466 g/mol. The first-order chi connectivity index (χ1) is 16.0. The molecule has 0 unspecified atom stereocenters. The van der Waals surface area contributed by atoms with Crippen molar-refractivity contribution >= 4 is 44.4 Å². The van der Waals surface area contributed by atoms with E-state index in [2.05, 4.69) is 40.2 Å². The van der Waals surface area contributed by atoms with E-state index in [1.165, 1.54) is 28.5 Å². The van der Waals surface area contributed by atoms with Gasteiger partial charge in [-0.3, -0.25) is 19.8 Å². The number of piperazine rings is 1. The first kappa shape index (κ1) is 22.9. The van der Waals surface area contributed by atoms with E-state index in [0.717, 1.165) is 49.8 Å². The van der Waals surface area contributed by atoms with Crippen LogP contribution < -0.4 is 10.2 Å². The van der Waals surface area contributed by atoms with Crippen molar-refractivity contribution in [3.8, 4) is 0 Å². The van der Waals surface area contributed by atoms with E-state index in [1.807, 2.05) is 0 Å². The molecule has 1 amide bonds. The molecule has 1 aromatic heterocycles. The van der Waals surface area contributed by atoms with E-state index in [9.17, 15) is 14.9 Å². The smallest absolute Gasteiger partial charge is 0.270 e. The molecular weight excluding hydrogens is 438 g/mol. The van der Waals surface area contributed by atoms with Gasteiger partial charge in [0.1, 0.15) is 0 Å². The molecule has 4 rings (SSSR count). The number of hydrogen-bond donors (Lipinski definition) is 1. The van der Waals surface area contributed by atoms with Gasteiger partial charge in [-0.05, 0) is 29.7 Å². The minimum absolute atomic E-state index is 0.00773. The molecule has 3 aromatic rings. The predicted molar refractivity (Wildman–Crippen MR) is 133 cm³/mol. The van der Waals surface area contributed by atoms with E-state index >= 15 is 0 Å². The molecule has 1 N–H and O–H groups in total. The van der Waals surface area contributed by atoms with Crippen LogP contribution in [-0.4, -0.2) is 60.0 Å². The van der Waals surface area contributed by atoms with Crippen LogP contribution in [0.2, 0.25) is 0 Å². The number of thiazole rings is 1. The lowest BCUT2D eigenvalue weighted by molar-refractivity contribution is -0.384. The van der Waals surface area contributed by atoms with Gasteiger partial charge in [0, 0.05) is 57.5 Å². The van der Waals surface area contributed by atoms with E-state index in [0.29, 0.717) is 12.1 Å². The Bertz CT molecular complexity index is 1170. The lowest BCUT2D eigenvalue weighted by Crippen LogP contribution is -2.48. The Morgan fingerprint density at radius 2 is 2.00 bits per heavy atom. The number of fused-ring (bicyclic) bond motifs is 1. The highest BCUT2D eigenvalue weighted by Crippen LogP contribution is 2.31. The number of nitro groups is 1. The van der Waals surface area contributed by atoms with Crippen molar-refractivity contribution < 1.29 is 9.72 Å². The molecule has 8 nitrogen and oxygen atoms in total. The number of rotatable bonds is 8. The van der Waals surface area contributed by atoms with Crippen LogP contribution >= 0.6 is 11.3 Å². The van der Waals surface area contributed by atoms with E-state index in [-0.39, 0.29) is 11.6 Å². The molecule has 0 bridgehead atoms. The van der Waals surface area contributed by atoms with Crippen LogP contribution in [0.15, 0.2) is 48.5 Å². The minimum atomic E-state index is -0.448. The number of nitro benzene ring substituents is 1. The highest BCUT2D eigenvalue weighted by Gasteiger charge is 2.20. The molecule has 1 aliphatic heterocycles. The zero-order valence-corrected chi connectivity index (χ0v) is 19.4. The molecule has 172 valence electrons. The molecule has 1 fully saturated rings. The maximum Gasteiger partial charge on any atom is 0.270 e. The van der Waals surface area contributed by atoms with Crippen molar-refractivity contribution in [3.05, 3.63) is 69.8 Å². The zero-order valence-electron chi connectivity index (χ0n) is 18.6. The third-order valence-electron chi connectivity index (χ3n) is 5.75. The topological polar surface area (TPSA) is 91.6 Å². The van der Waals surface area contributed by atoms with Gasteiger partial charge in [0.2, 0.25) is 5.91 Å². The molecule has 1 aliphatic rings. The summed E-state index contributed by atoms with van der Waals surface area (Å²) < 4.78 is 1.24. The molecule has 2 aromatic carbocycles. The summed E-state index contributed by atoms with van der Waals surface area (Å²) in [5, 5.41) is 14.8. The first-order valence-corrected chi connectivity index (χ1v) is 11.9. The second kappa shape index (κ2) is 10.5. The average Bonchev–Trinajstić information content (AvgIpc) is 3.28. The van der Waals surface area contributed by atoms with Crippen LogP contribution in [0.5, 0.6) is 0 Å². The summed E-state index contributed by atoms with van der Waals surface area (Å²) in [5.74, 6) is -0.207. The normalized spacial score (nSPS) is 14.8. The van der Waals surface area contributed by atoms with Crippen LogP contribution in [0, 0.1) is 10.1 Å². The summed E-state index contributed by atoms with van der Waals surface area (Å²) >= 11 is 1.76. The summed E-state index contributed by atoms with van der Waals surface area (Å²) in [6.07, 6.45) is 3.98. The van der Waals surface area contributed by atoms with Gasteiger partial charge in [0.05, 0.1) is 15.1 Å². The summed E-state index contributed by atoms with van der Waals surface area (Å²) in [5.41, 5.74) is 3.05. The summed E-state index contributed by atoms with van der Waals surface area (Å²) in [6, 6.07) is 12.6. The molecule has 2 heterocycles. The van der Waals surface area contributed by atoms with E-state index in [4.69, 9.17) is 4.98 Å². The van der Waals surface area contributed by atoms with Crippen LogP contribution in [-0.2, 0) is 11.2 Å². The van der Waals surface area contributed by atoms with Gasteiger partial charge in [-0.1, -0.05) is 42.5 Å². The first-order valence-electron chi connectivity index (χ1n) is 11.1. The van der Waals surface area contributed by atoms with Crippen molar-refractivity contribution in [1.82, 2.24) is 15.2 Å². The van der Waals surface area contributed by atoms with Gasteiger partial charge in [-0.15, -0.1) is 0 Å². The van der Waals surface area contributed by atoms with Crippen LogP contribution in [0.1, 0.15) is 18.1 Å². The number of para-hydroxylation sites is 1. The predicted octanol–water partition coefficient (Wildman–Crippen LogP) is 3.72. The van der Waals surface area contributed by atoms with Crippen molar-refractivity contribution in [1.29, 1.82) is 0 Å². The summed E-state index contributed by atoms with van der Waals surface area (Å²) in [7, 11) is 0. The Labute approximate surface area is 196 Å². The monoisotopic (exact) mass is 465 g/mol. The lowest BCUT2D eigenvalue weighted by atomic mass is 10.1. The Balaban J connectivity index is 1.22. The van der Waals surface area contributed by atoms with Gasteiger partial charge in [0.25, 0.3) is 5.69 Å². The molecule has 0 atom stereocenters. The maximum absolute atomic E-state index is 12.1. The summed E-state index contributed by atoms with van der Waals surface area (Å²) in [6.45, 7) is 7.19. The molecule has 0 aliphatic carbocycles. The molecule has 0 saturated carbocycles. The second-order valence-electron chi connectivity index (χ2n) is 7.92. The number of benzene rings is 2. The molecule has 9 heteroatoms. The fourth-order valence-corrected chi connectivity index (χ4v) is 4.95. The Morgan fingerprint density at radius 1 is 1.21 bits per heavy atom. The molecular formula is C24H27N5O3S.